The number of fused-ring (bicyclic) bond motifs is 3. The average molecular weight is 431 g/mol. The summed E-state index contributed by atoms with van der Waals surface area (Å²) in [6, 6.07) is 32.9. The Hall–Kier alpha value is -3.12. The third-order valence-corrected chi connectivity index (χ3v) is 7.30. The standard InChI is InChI=1S/C33H34/c1-5-7-25-11-15-27(16-12-25)33(28-17-13-26(8-6-2)14-18-28)31-21-23(3)9-19-29(31)30-20-10-24(4)22-32(30)33/h9-22H,5-8H2,1-4H3. The second-order valence-electron chi connectivity index (χ2n) is 9.74. The molecule has 33 heavy (non-hydrogen) atoms. The van der Waals surface area contributed by atoms with Gasteiger partial charge >= 0.3 is 0 Å². The van der Waals surface area contributed by atoms with Crippen LogP contribution in [0.1, 0.15) is 71.2 Å². The van der Waals surface area contributed by atoms with E-state index in [0.29, 0.717) is 0 Å². The molecule has 0 heterocycles. The van der Waals surface area contributed by atoms with Crippen molar-refractivity contribution in [3.63, 3.8) is 0 Å². The lowest BCUT2D eigenvalue weighted by Gasteiger charge is -2.34. The molecule has 0 spiro atoms. The first-order chi connectivity index (χ1) is 16.1. The van der Waals surface area contributed by atoms with E-state index in [-0.39, 0.29) is 5.41 Å². The van der Waals surface area contributed by atoms with E-state index in [0.717, 1.165) is 12.8 Å². The summed E-state index contributed by atoms with van der Waals surface area (Å²) < 4.78 is 0. The zero-order chi connectivity index (χ0) is 23.0. The highest BCUT2D eigenvalue weighted by atomic mass is 14.5. The second kappa shape index (κ2) is 8.67. The van der Waals surface area contributed by atoms with Gasteiger partial charge in [-0.2, -0.15) is 0 Å². The van der Waals surface area contributed by atoms with Crippen molar-refractivity contribution < 1.29 is 0 Å². The molecule has 0 atom stereocenters. The van der Waals surface area contributed by atoms with Crippen molar-refractivity contribution in [1.82, 2.24) is 0 Å². The van der Waals surface area contributed by atoms with Crippen LogP contribution in [-0.4, -0.2) is 0 Å². The molecule has 4 aromatic carbocycles. The minimum atomic E-state index is -0.293. The molecular formula is C33H34. The van der Waals surface area contributed by atoms with E-state index in [9.17, 15) is 0 Å². The van der Waals surface area contributed by atoms with Crippen LogP contribution in [-0.2, 0) is 18.3 Å². The molecule has 4 aromatic rings. The largest absolute Gasteiger partial charge is 0.0713 e. The Kier molecular flexibility index (Phi) is 5.71. The number of hydrogen-bond acceptors (Lipinski definition) is 0. The van der Waals surface area contributed by atoms with Crippen LogP contribution in [0.15, 0.2) is 84.9 Å². The number of benzene rings is 4. The topological polar surface area (TPSA) is 0 Å². The van der Waals surface area contributed by atoms with Gasteiger partial charge in [0.15, 0.2) is 0 Å². The van der Waals surface area contributed by atoms with Crippen molar-refractivity contribution in [3.05, 3.63) is 129 Å². The molecule has 0 N–H and O–H groups in total. The van der Waals surface area contributed by atoms with Gasteiger partial charge in [0.05, 0.1) is 5.41 Å². The van der Waals surface area contributed by atoms with Crippen LogP contribution >= 0.6 is 0 Å². The summed E-state index contributed by atoms with van der Waals surface area (Å²) in [7, 11) is 0. The van der Waals surface area contributed by atoms with Crippen LogP contribution in [0.3, 0.4) is 0 Å². The quantitative estimate of drug-likeness (QED) is 0.253. The smallest absolute Gasteiger partial charge is 0.0651 e. The van der Waals surface area contributed by atoms with Gasteiger partial charge in [0.2, 0.25) is 0 Å². The third kappa shape index (κ3) is 3.53. The minimum Gasteiger partial charge on any atom is -0.0651 e. The lowest BCUT2D eigenvalue weighted by Crippen LogP contribution is -2.29. The van der Waals surface area contributed by atoms with E-state index in [2.05, 4.69) is 113 Å². The van der Waals surface area contributed by atoms with Gasteiger partial charge in [0, 0.05) is 0 Å². The summed E-state index contributed by atoms with van der Waals surface area (Å²) in [5.74, 6) is 0. The molecular weight excluding hydrogens is 396 g/mol. The SMILES string of the molecule is CCCc1ccc(C2(c3ccc(CCC)cc3)c3cc(C)ccc3-c3ccc(C)cc32)cc1. The summed E-state index contributed by atoms with van der Waals surface area (Å²) in [4.78, 5) is 0. The zero-order valence-corrected chi connectivity index (χ0v) is 20.4. The molecule has 0 bridgehead atoms. The van der Waals surface area contributed by atoms with E-state index >= 15 is 0 Å². The maximum Gasteiger partial charge on any atom is 0.0713 e. The Bertz CT molecular complexity index is 1170. The average Bonchev–Trinajstić information content (AvgIpc) is 3.10. The Morgan fingerprint density at radius 3 is 1.27 bits per heavy atom. The zero-order valence-electron chi connectivity index (χ0n) is 20.4. The molecule has 0 amide bonds. The fourth-order valence-electron chi connectivity index (χ4n) is 5.76. The van der Waals surface area contributed by atoms with Crippen LogP contribution in [0.4, 0.5) is 0 Å². The highest BCUT2D eigenvalue weighted by Crippen LogP contribution is 2.56. The Morgan fingerprint density at radius 2 is 0.909 bits per heavy atom. The van der Waals surface area contributed by atoms with Gasteiger partial charge in [0.1, 0.15) is 0 Å². The predicted octanol–water partition coefficient (Wildman–Crippen LogP) is 8.57. The molecule has 0 saturated heterocycles. The van der Waals surface area contributed by atoms with Crippen LogP contribution in [0, 0.1) is 13.8 Å². The molecule has 0 unspecified atom stereocenters. The summed E-state index contributed by atoms with van der Waals surface area (Å²) >= 11 is 0. The molecule has 166 valence electrons. The van der Waals surface area contributed by atoms with Crippen LogP contribution in [0.2, 0.25) is 0 Å². The van der Waals surface area contributed by atoms with E-state index in [1.807, 2.05) is 0 Å². The van der Waals surface area contributed by atoms with Crippen LogP contribution in [0.5, 0.6) is 0 Å². The van der Waals surface area contributed by atoms with Crippen molar-refractivity contribution in [1.29, 1.82) is 0 Å². The predicted molar refractivity (Wildman–Crippen MR) is 141 cm³/mol. The third-order valence-electron chi connectivity index (χ3n) is 7.30. The lowest BCUT2D eigenvalue weighted by molar-refractivity contribution is 0.763. The van der Waals surface area contributed by atoms with Gasteiger partial charge in [0.25, 0.3) is 0 Å². The molecule has 1 aliphatic rings. The van der Waals surface area contributed by atoms with Crippen molar-refractivity contribution in [2.24, 2.45) is 0 Å². The van der Waals surface area contributed by atoms with E-state index in [1.165, 1.54) is 68.5 Å². The first-order valence-electron chi connectivity index (χ1n) is 12.5. The van der Waals surface area contributed by atoms with Crippen molar-refractivity contribution >= 4 is 0 Å². The van der Waals surface area contributed by atoms with Gasteiger partial charge < -0.3 is 0 Å². The van der Waals surface area contributed by atoms with E-state index < -0.39 is 0 Å². The Balaban J connectivity index is 1.84. The van der Waals surface area contributed by atoms with Gasteiger partial charge in [-0.05, 0) is 71.2 Å². The molecule has 1 aliphatic carbocycles. The molecule has 0 fully saturated rings. The maximum absolute atomic E-state index is 2.42. The van der Waals surface area contributed by atoms with Gasteiger partial charge in [-0.3, -0.25) is 0 Å². The van der Waals surface area contributed by atoms with Crippen molar-refractivity contribution in [3.8, 4) is 11.1 Å². The van der Waals surface area contributed by atoms with Crippen molar-refractivity contribution in [2.75, 3.05) is 0 Å². The highest BCUT2D eigenvalue weighted by molar-refractivity contribution is 5.86. The van der Waals surface area contributed by atoms with Crippen LogP contribution in [0.25, 0.3) is 11.1 Å². The molecule has 0 aliphatic heterocycles. The molecule has 0 heteroatoms. The fourth-order valence-corrected chi connectivity index (χ4v) is 5.76. The highest BCUT2D eigenvalue weighted by Gasteiger charge is 2.46. The van der Waals surface area contributed by atoms with Crippen LogP contribution < -0.4 is 0 Å². The number of rotatable bonds is 6. The summed E-state index contributed by atoms with van der Waals surface area (Å²) in [6.45, 7) is 8.94. The number of aryl methyl sites for hydroxylation is 4. The summed E-state index contributed by atoms with van der Waals surface area (Å²) in [5, 5.41) is 0. The van der Waals surface area contributed by atoms with Crippen molar-refractivity contribution in [2.45, 2.75) is 58.8 Å². The fraction of sp³-hybridized carbons (Fsp3) is 0.273. The molecule has 5 rings (SSSR count). The van der Waals surface area contributed by atoms with Gasteiger partial charge in [-0.15, -0.1) is 0 Å². The lowest BCUT2D eigenvalue weighted by atomic mass is 9.67. The summed E-state index contributed by atoms with van der Waals surface area (Å²) in [6.07, 6.45) is 4.61. The monoisotopic (exact) mass is 430 g/mol. The molecule has 0 aromatic heterocycles. The Labute approximate surface area is 199 Å². The Morgan fingerprint density at radius 1 is 0.515 bits per heavy atom. The molecule has 0 saturated carbocycles. The first-order valence-corrected chi connectivity index (χ1v) is 12.5. The minimum absolute atomic E-state index is 0.293. The summed E-state index contributed by atoms with van der Waals surface area (Å²) in [5.41, 5.74) is 13.5. The first kappa shape index (κ1) is 21.7. The van der Waals surface area contributed by atoms with Gasteiger partial charge in [-0.1, -0.05) is 123 Å². The van der Waals surface area contributed by atoms with E-state index in [4.69, 9.17) is 0 Å². The van der Waals surface area contributed by atoms with Gasteiger partial charge in [-0.25, -0.2) is 0 Å². The molecule has 0 nitrogen and oxygen atoms in total. The van der Waals surface area contributed by atoms with E-state index in [1.54, 1.807) is 0 Å². The normalized spacial score (nSPS) is 13.6. The second-order valence-corrected chi connectivity index (χ2v) is 9.74. The number of hydrogen-bond donors (Lipinski definition) is 0. The maximum atomic E-state index is 2.42. The molecule has 0 radical (unpaired) electrons.